The molecule has 0 amide bonds. The van der Waals surface area contributed by atoms with Crippen LogP contribution in [0.4, 0.5) is 8.78 Å². The molecular formula is C28H40F2O10S. The van der Waals surface area contributed by atoms with E-state index >= 15 is 0 Å². The van der Waals surface area contributed by atoms with E-state index in [4.69, 9.17) is 14.0 Å². The molecule has 0 bridgehead atoms. The summed E-state index contributed by atoms with van der Waals surface area (Å²) in [4.78, 5) is 48.7. The van der Waals surface area contributed by atoms with Gasteiger partial charge in [-0.15, -0.1) is 0 Å². The van der Waals surface area contributed by atoms with Crippen LogP contribution in [0.15, 0.2) is 0 Å². The minimum absolute atomic E-state index is 0.0162. The van der Waals surface area contributed by atoms with Gasteiger partial charge in [0.25, 0.3) is 12.9 Å². The Morgan fingerprint density at radius 1 is 1.12 bits per heavy atom. The molecule has 1 N–H and O–H groups in total. The fourth-order valence-corrected chi connectivity index (χ4v) is 9.30. The van der Waals surface area contributed by atoms with Gasteiger partial charge in [-0.3, -0.25) is 23.7 Å². The normalized spacial score (nSPS) is 39.5. The molecule has 10 atom stereocenters. The summed E-state index contributed by atoms with van der Waals surface area (Å²) in [6.45, 7) is 5.27. The highest BCUT2D eigenvalue weighted by molar-refractivity contribution is 7.86. The molecule has 4 saturated carbocycles. The van der Waals surface area contributed by atoms with Crippen LogP contribution >= 0.6 is 0 Å². The van der Waals surface area contributed by atoms with E-state index in [1.807, 2.05) is 13.8 Å². The summed E-state index contributed by atoms with van der Waals surface area (Å²) in [6, 6.07) is 0. The van der Waals surface area contributed by atoms with Crippen molar-refractivity contribution in [1.82, 2.24) is 0 Å². The van der Waals surface area contributed by atoms with Crippen LogP contribution in [0.25, 0.3) is 0 Å². The first-order valence-electron chi connectivity index (χ1n) is 14.3. The molecule has 0 saturated heterocycles. The van der Waals surface area contributed by atoms with Gasteiger partial charge in [0.1, 0.15) is 18.0 Å². The van der Waals surface area contributed by atoms with Crippen molar-refractivity contribution in [2.75, 3.05) is 6.61 Å². The molecule has 0 aromatic heterocycles. The zero-order valence-corrected chi connectivity index (χ0v) is 24.4. The lowest BCUT2D eigenvalue weighted by Gasteiger charge is -2.62. The fourth-order valence-electron chi connectivity index (χ4n) is 9.09. The van der Waals surface area contributed by atoms with E-state index in [1.165, 1.54) is 0 Å². The Kier molecular flexibility index (Phi) is 8.91. The average Bonchev–Trinajstić information content (AvgIpc) is 3.25. The molecule has 232 valence electrons. The van der Waals surface area contributed by atoms with E-state index in [2.05, 4.69) is 11.7 Å². The average molecular weight is 607 g/mol. The van der Waals surface area contributed by atoms with Crippen LogP contribution in [0.3, 0.4) is 0 Å². The second kappa shape index (κ2) is 11.5. The van der Waals surface area contributed by atoms with Crippen LogP contribution in [0.2, 0.25) is 0 Å². The van der Waals surface area contributed by atoms with Gasteiger partial charge in [-0.05, 0) is 80.0 Å². The van der Waals surface area contributed by atoms with Crippen molar-refractivity contribution < 1.29 is 55.1 Å². The Bertz CT molecular complexity index is 1140. The Morgan fingerprint density at radius 2 is 1.80 bits per heavy atom. The Morgan fingerprint density at radius 3 is 2.44 bits per heavy atom. The highest BCUT2D eigenvalue weighted by Crippen LogP contribution is 2.67. The summed E-state index contributed by atoms with van der Waals surface area (Å²) < 4.78 is 72.3. The number of fused-ring (bicyclic) bond motifs is 5. The van der Waals surface area contributed by atoms with Crippen molar-refractivity contribution in [2.45, 2.75) is 96.0 Å². The molecule has 41 heavy (non-hydrogen) atoms. The maximum atomic E-state index is 14.0. The molecule has 1 unspecified atom stereocenters. The molecule has 0 aromatic rings. The van der Waals surface area contributed by atoms with Crippen molar-refractivity contribution in [2.24, 2.45) is 46.3 Å². The summed E-state index contributed by atoms with van der Waals surface area (Å²) in [7, 11) is -5.71. The highest BCUT2D eigenvalue weighted by atomic mass is 32.2. The van der Waals surface area contributed by atoms with E-state index in [9.17, 15) is 36.4 Å². The van der Waals surface area contributed by atoms with Crippen molar-refractivity contribution in [3.63, 3.8) is 0 Å². The number of Topliss-reactive ketones (excluding diaryl/α,β-unsaturated/α-hetero) is 1. The van der Waals surface area contributed by atoms with Crippen LogP contribution in [0, 0.1) is 46.3 Å². The van der Waals surface area contributed by atoms with Crippen molar-refractivity contribution in [3.05, 3.63) is 0 Å². The van der Waals surface area contributed by atoms with Gasteiger partial charge < -0.3 is 14.2 Å². The molecule has 0 heterocycles. The lowest BCUT2D eigenvalue weighted by molar-refractivity contribution is -0.191. The number of ether oxygens (including phenoxy) is 3. The Hall–Kier alpha value is -2.15. The number of hydrogen-bond donors (Lipinski definition) is 1. The molecule has 10 nitrogen and oxygen atoms in total. The Labute approximate surface area is 239 Å². The fraction of sp³-hybridized carbons (Fsp3) is 0.857. The second-order valence-corrected chi connectivity index (χ2v) is 14.6. The van der Waals surface area contributed by atoms with Crippen molar-refractivity contribution >= 4 is 34.8 Å². The standard InChI is InChI=1S/C28H40F2O10S/c1-16(4-7-24(34)38-13-28(29,30)41(35,36)37)19-5-6-20-25-21(12-23(33)27(19,20)3)26(2)9-8-18(39-14-31)10-17(26)11-22(25)40-15-32/h14-22,25H,4-13H2,1-3H3,(H,35,36,37)/t16-,17?,18-,19-,20+,21+,22-,25+,26+,27-/m1/s1. The molecule has 0 radical (unpaired) electrons. The van der Waals surface area contributed by atoms with E-state index in [0.29, 0.717) is 32.2 Å². The van der Waals surface area contributed by atoms with Gasteiger partial charge in [0, 0.05) is 24.2 Å². The molecule has 0 spiro atoms. The van der Waals surface area contributed by atoms with Crippen LogP contribution in [-0.4, -0.2) is 61.7 Å². The number of carbonyl (C=O) groups excluding carboxylic acids is 4. The van der Waals surface area contributed by atoms with E-state index in [0.717, 1.165) is 25.7 Å². The molecular weight excluding hydrogens is 566 g/mol. The third-order valence-electron chi connectivity index (χ3n) is 11.3. The van der Waals surface area contributed by atoms with Crippen molar-refractivity contribution in [3.8, 4) is 0 Å². The smallest absolute Gasteiger partial charge is 0.402 e. The maximum absolute atomic E-state index is 14.0. The SMILES string of the molecule is C[C@H](CCC(=O)OCC(F)(F)S(=O)(=O)O)[C@H]1CC[C@H]2[C@@H]3[C@H](OC=O)CC4C[C@H](OC=O)CC[C@]4(C)[C@H]3CC(=O)[C@]12C. The molecule has 13 heteroatoms. The first-order chi connectivity index (χ1) is 19.1. The molecule has 4 aliphatic rings. The number of esters is 1. The minimum atomic E-state index is -5.71. The number of alkyl halides is 2. The number of rotatable bonds is 11. The summed E-state index contributed by atoms with van der Waals surface area (Å²) in [5.41, 5.74) is -0.876. The van der Waals surface area contributed by atoms with Gasteiger partial charge in [0.05, 0.1) is 0 Å². The largest absolute Gasteiger partial charge is 0.465 e. The summed E-state index contributed by atoms with van der Waals surface area (Å²) in [5.74, 6) is -1.00. The molecule has 4 rings (SSSR count). The van der Waals surface area contributed by atoms with E-state index in [1.54, 1.807) is 0 Å². The van der Waals surface area contributed by atoms with Crippen LogP contribution in [0.5, 0.6) is 0 Å². The zero-order chi connectivity index (χ0) is 30.4. The number of carbonyl (C=O) groups is 4. The number of halogens is 2. The third-order valence-corrected chi connectivity index (χ3v) is 12.2. The van der Waals surface area contributed by atoms with Crippen molar-refractivity contribution in [1.29, 1.82) is 0 Å². The molecule has 0 aromatic carbocycles. The monoisotopic (exact) mass is 606 g/mol. The first kappa shape index (κ1) is 31.8. The third kappa shape index (κ3) is 5.64. The van der Waals surface area contributed by atoms with Gasteiger partial charge >= 0.3 is 21.3 Å². The van der Waals surface area contributed by atoms with E-state index in [-0.39, 0.29) is 71.8 Å². The van der Waals surface area contributed by atoms with Gasteiger partial charge in [-0.1, -0.05) is 20.8 Å². The minimum Gasteiger partial charge on any atom is -0.465 e. The summed E-state index contributed by atoms with van der Waals surface area (Å²) in [6.07, 6.45) is 4.08. The van der Waals surface area contributed by atoms with Gasteiger partial charge in [0.15, 0.2) is 6.61 Å². The summed E-state index contributed by atoms with van der Waals surface area (Å²) in [5, 5.41) is -4.60. The first-order valence-corrected chi connectivity index (χ1v) is 15.8. The van der Waals surface area contributed by atoms with Gasteiger partial charge in [0.2, 0.25) is 0 Å². The van der Waals surface area contributed by atoms with Crippen LogP contribution in [0.1, 0.15) is 78.6 Å². The molecule has 4 fully saturated rings. The highest BCUT2D eigenvalue weighted by Gasteiger charge is 2.66. The predicted molar refractivity (Wildman–Crippen MR) is 139 cm³/mol. The quantitative estimate of drug-likeness (QED) is 0.158. The lowest BCUT2D eigenvalue weighted by Crippen LogP contribution is -2.61. The van der Waals surface area contributed by atoms with Crippen LogP contribution < -0.4 is 0 Å². The van der Waals surface area contributed by atoms with Gasteiger partial charge in [-0.25, -0.2) is 0 Å². The maximum Gasteiger partial charge on any atom is 0.402 e. The zero-order valence-electron chi connectivity index (χ0n) is 23.6. The Balaban J connectivity index is 1.48. The van der Waals surface area contributed by atoms with Gasteiger partial charge in [-0.2, -0.15) is 17.2 Å². The predicted octanol–water partition coefficient (Wildman–Crippen LogP) is 3.96. The number of hydrogen-bond acceptors (Lipinski definition) is 9. The number of ketones is 1. The summed E-state index contributed by atoms with van der Waals surface area (Å²) >= 11 is 0. The van der Waals surface area contributed by atoms with E-state index < -0.39 is 33.4 Å². The molecule has 0 aliphatic heterocycles. The second-order valence-electron chi connectivity index (χ2n) is 13.0. The lowest BCUT2D eigenvalue weighted by atomic mass is 9.43. The molecule has 4 aliphatic carbocycles. The van der Waals surface area contributed by atoms with Crippen LogP contribution in [-0.2, 0) is 43.5 Å². The topological polar surface area (TPSA) is 150 Å².